The summed E-state index contributed by atoms with van der Waals surface area (Å²) in [4.78, 5) is 7.10. The van der Waals surface area contributed by atoms with Gasteiger partial charge < -0.3 is 5.32 Å². The molecule has 0 radical (unpaired) electrons. The van der Waals surface area contributed by atoms with Gasteiger partial charge in [-0.25, -0.2) is 0 Å². The lowest BCUT2D eigenvalue weighted by Crippen LogP contribution is -2.49. The van der Waals surface area contributed by atoms with Crippen molar-refractivity contribution in [1.29, 1.82) is 0 Å². The second-order valence-corrected chi connectivity index (χ2v) is 5.50. The second-order valence-electron chi connectivity index (χ2n) is 5.50. The average Bonchev–Trinajstić information content (AvgIpc) is 2.41. The van der Waals surface area contributed by atoms with E-state index >= 15 is 0 Å². The van der Waals surface area contributed by atoms with Gasteiger partial charge in [-0.3, -0.25) is 9.88 Å². The fourth-order valence-corrected chi connectivity index (χ4v) is 2.73. The van der Waals surface area contributed by atoms with E-state index in [1.807, 2.05) is 6.92 Å². The Morgan fingerprint density at radius 2 is 2.21 bits per heavy atom. The molecular formula is C16H21N3. The van der Waals surface area contributed by atoms with Crippen molar-refractivity contribution >= 4 is 10.9 Å². The molecule has 0 aliphatic carbocycles. The van der Waals surface area contributed by atoms with Gasteiger partial charge in [-0.1, -0.05) is 12.1 Å². The molecule has 3 rings (SSSR count). The number of aryl methyl sites for hydroxylation is 1. The number of piperazine rings is 1. The first-order valence-electron chi connectivity index (χ1n) is 7.03. The number of pyridine rings is 1. The van der Waals surface area contributed by atoms with Crippen LogP contribution in [0.2, 0.25) is 0 Å². The summed E-state index contributed by atoms with van der Waals surface area (Å²) in [5.41, 5.74) is 3.56. The zero-order chi connectivity index (χ0) is 13.2. The lowest BCUT2D eigenvalue weighted by molar-refractivity contribution is 0.165. The van der Waals surface area contributed by atoms with Gasteiger partial charge >= 0.3 is 0 Å². The molecule has 0 saturated carbocycles. The summed E-state index contributed by atoms with van der Waals surface area (Å²) in [7, 11) is 0. The Kier molecular flexibility index (Phi) is 3.49. The molecule has 1 aromatic heterocycles. The van der Waals surface area contributed by atoms with Crippen LogP contribution in [0.1, 0.15) is 18.2 Å². The van der Waals surface area contributed by atoms with Crippen molar-refractivity contribution < 1.29 is 0 Å². The van der Waals surface area contributed by atoms with Crippen molar-refractivity contribution in [2.24, 2.45) is 0 Å². The van der Waals surface area contributed by atoms with Crippen LogP contribution in [0.4, 0.5) is 0 Å². The van der Waals surface area contributed by atoms with Gasteiger partial charge in [-0.05, 0) is 37.6 Å². The van der Waals surface area contributed by atoms with E-state index in [1.165, 1.54) is 10.9 Å². The molecular weight excluding hydrogens is 234 g/mol. The van der Waals surface area contributed by atoms with E-state index in [2.05, 4.69) is 52.5 Å². The molecule has 1 aliphatic rings. The first-order valence-corrected chi connectivity index (χ1v) is 7.03. The predicted molar refractivity (Wildman–Crippen MR) is 79.2 cm³/mol. The van der Waals surface area contributed by atoms with E-state index in [-0.39, 0.29) is 0 Å². The number of fused-ring (bicyclic) bond motifs is 1. The second kappa shape index (κ2) is 5.27. The van der Waals surface area contributed by atoms with Crippen LogP contribution in [-0.2, 0) is 6.54 Å². The van der Waals surface area contributed by atoms with Crippen molar-refractivity contribution in [2.45, 2.75) is 26.4 Å². The Morgan fingerprint density at radius 1 is 1.32 bits per heavy atom. The highest BCUT2D eigenvalue weighted by Gasteiger charge is 2.17. The van der Waals surface area contributed by atoms with Crippen LogP contribution >= 0.6 is 0 Å². The minimum absolute atomic E-state index is 0.612. The summed E-state index contributed by atoms with van der Waals surface area (Å²) in [5, 5.41) is 4.68. The molecule has 0 bridgehead atoms. The molecule has 3 nitrogen and oxygen atoms in total. The Bertz CT molecular complexity index is 579. The normalized spacial score (nSPS) is 20.8. The Hall–Kier alpha value is -1.45. The average molecular weight is 255 g/mol. The number of hydrogen-bond acceptors (Lipinski definition) is 3. The molecule has 19 heavy (non-hydrogen) atoms. The smallest absolute Gasteiger partial charge is 0.0705 e. The highest BCUT2D eigenvalue weighted by Crippen LogP contribution is 2.17. The molecule has 2 heterocycles. The Morgan fingerprint density at radius 3 is 3.05 bits per heavy atom. The number of hydrogen-bond donors (Lipinski definition) is 1. The molecule has 2 aromatic rings. The lowest BCUT2D eigenvalue weighted by Gasteiger charge is -2.33. The maximum atomic E-state index is 4.55. The van der Waals surface area contributed by atoms with Crippen molar-refractivity contribution in [3.05, 3.63) is 41.6 Å². The summed E-state index contributed by atoms with van der Waals surface area (Å²) in [6.07, 6.45) is 0. The summed E-state index contributed by atoms with van der Waals surface area (Å²) in [6.45, 7) is 8.68. The van der Waals surface area contributed by atoms with Gasteiger partial charge in [0.15, 0.2) is 0 Å². The maximum Gasteiger partial charge on any atom is 0.0705 e. The molecule has 0 spiro atoms. The fraction of sp³-hybridized carbons (Fsp3) is 0.438. The number of aromatic nitrogens is 1. The van der Waals surface area contributed by atoms with Crippen molar-refractivity contribution in [3.63, 3.8) is 0 Å². The van der Waals surface area contributed by atoms with Crippen molar-refractivity contribution in [1.82, 2.24) is 15.2 Å². The highest BCUT2D eigenvalue weighted by molar-refractivity contribution is 5.79. The number of nitrogens with zero attached hydrogens (tertiary/aromatic N) is 2. The third-order valence-corrected chi connectivity index (χ3v) is 3.92. The molecule has 1 aliphatic heterocycles. The molecule has 1 fully saturated rings. The van der Waals surface area contributed by atoms with Crippen LogP contribution in [0.3, 0.4) is 0 Å². The van der Waals surface area contributed by atoms with Gasteiger partial charge in [0.05, 0.1) is 5.52 Å². The van der Waals surface area contributed by atoms with Crippen LogP contribution in [0, 0.1) is 6.92 Å². The number of rotatable bonds is 2. The summed E-state index contributed by atoms with van der Waals surface area (Å²) < 4.78 is 0. The predicted octanol–water partition coefficient (Wildman–Crippen LogP) is 2.34. The highest BCUT2D eigenvalue weighted by atomic mass is 15.2. The van der Waals surface area contributed by atoms with Crippen molar-refractivity contribution in [2.75, 3.05) is 19.6 Å². The van der Waals surface area contributed by atoms with Crippen LogP contribution in [0.25, 0.3) is 10.9 Å². The van der Waals surface area contributed by atoms with Gasteiger partial charge in [0.2, 0.25) is 0 Å². The van der Waals surface area contributed by atoms with Crippen LogP contribution in [0.5, 0.6) is 0 Å². The minimum Gasteiger partial charge on any atom is -0.314 e. The first kappa shape index (κ1) is 12.6. The van der Waals surface area contributed by atoms with Crippen molar-refractivity contribution in [3.8, 4) is 0 Å². The minimum atomic E-state index is 0.612. The monoisotopic (exact) mass is 255 g/mol. The number of benzene rings is 1. The fourth-order valence-electron chi connectivity index (χ4n) is 2.73. The zero-order valence-corrected chi connectivity index (χ0v) is 11.7. The van der Waals surface area contributed by atoms with E-state index in [1.54, 1.807) is 0 Å². The molecule has 0 unspecified atom stereocenters. The van der Waals surface area contributed by atoms with Crippen LogP contribution in [-0.4, -0.2) is 35.6 Å². The molecule has 0 amide bonds. The molecule has 1 atom stereocenters. The third kappa shape index (κ3) is 2.77. The molecule has 1 saturated heterocycles. The van der Waals surface area contributed by atoms with E-state index in [9.17, 15) is 0 Å². The SMILES string of the molecule is Cc1ccc2cc(CN3CCNC[C@H]3C)ccc2n1. The van der Waals surface area contributed by atoms with Crippen LogP contribution in [0.15, 0.2) is 30.3 Å². The first-order chi connectivity index (χ1) is 9.22. The van der Waals surface area contributed by atoms with Gasteiger partial charge in [-0.15, -0.1) is 0 Å². The van der Waals surface area contributed by atoms with Gasteiger partial charge in [0, 0.05) is 43.3 Å². The van der Waals surface area contributed by atoms with Gasteiger partial charge in [-0.2, -0.15) is 0 Å². The lowest BCUT2D eigenvalue weighted by atomic mass is 10.1. The topological polar surface area (TPSA) is 28.2 Å². The van der Waals surface area contributed by atoms with E-state index < -0.39 is 0 Å². The summed E-state index contributed by atoms with van der Waals surface area (Å²) in [6, 6.07) is 11.5. The Balaban J connectivity index is 1.83. The van der Waals surface area contributed by atoms with E-state index in [4.69, 9.17) is 0 Å². The molecule has 1 aromatic carbocycles. The maximum absolute atomic E-state index is 4.55. The van der Waals surface area contributed by atoms with E-state index in [0.717, 1.165) is 37.4 Å². The molecule has 100 valence electrons. The van der Waals surface area contributed by atoms with Gasteiger partial charge in [0.25, 0.3) is 0 Å². The standard InChI is InChI=1S/C16H21N3/c1-12-3-5-15-9-14(4-6-16(15)18-12)11-19-8-7-17-10-13(19)2/h3-6,9,13,17H,7-8,10-11H2,1-2H3/t13-/m1/s1. The Labute approximate surface area is 114 Å². The summed E-state index contributed by atoms with van der Waals surface area (Å²) in [5.74, 6) is 0. The third-order valence-electron chi connectivity index (χ3n) is 3.92. The summed E-state index contributed by atoms with van der Waals surface area (Å²) >= 11 is 0. The van der Waals surface area contributed by atoms with Crippen LogP contribution < -0.4 is 5.32 Å². The zero-order valence-electron chi connectivity index (χ0n) is 11.7. The number of nitrogens with one attached hydrogen (secondary N) is 1. The quantitative estimate of drug-likeness (QED) is 0.892. The molecule has 1 N–H and O–H groups in total. The van der Waals surface area contributed by atoms with Gasteiger partial charge in [0.1, 0.15) is 0 Å². The van der Waals surface area contributed by atoms with E-state index in [0.29, 0.717) is 6.04 Å². The molecule has 3 heteroatoms. The largest absolute Gasteiger partial charge is 0.314 e.